The highest BCUT2D eigenvalue weighted by Crippen LogP contribution is 2.45. The Balaban J connectivity index is 3.45. The number of carboxylic acids is 1. The van der Waals surface area contributed by atoms with E-state index in [0.717, 1.165) is 38.5 Å². The fourth-order valence-corrected chi connectivity index (χ4v) is 2.97. The number of hydrogen-bond donors (Lipinski definition) is 3. The van der Waals surface area contributed by atoms with Gasteiger partial charge in [-0.25, -0.2) is 0 Å². The molecule has 0 heterocycles. The minimum atomic E-state index is -3.92. The van der Waals surface area contributed by atoms with Crippen LogP contribution in [0.5, 0.6) is 0 Å². The lowest BCUT2D eigenvalue weighted by atomic mass is 10.1. The zero-order valence-electron chi connectivity index (χ0n) is 11.0. The molecule has 0 saturated carbocycles. The zero-order valence-corrected chi connectivity index (χ0v) is 11.9. The summed E-state index contributed by atoms with van der Waals surface area (Å²) in [6.07, 6.45) is 6.77. The Hall–Kier alpha value is -0.380. The van der Waals surface area contributed by atoms with Gasteiger partial charge < -0.3 is 14.9 Å². The van der Waals surface area contributed by atoms with Crippen LogP contribution in [0.2, 0.25) is 0 Å². The molecule has 0 saturated heterocycles. The molecule has 0 aliphatic carbocycles. The molecule has 1 atom stereocenters. The predicted molar refractivity (Wildman–Crippen MR) is 70.7 cm³/mol. The Morgan fingerprint density at radius 2 is 1.56 bits per heavy atom. The molecule has 6 heteroatoms. The number of unbranched alkanes of at least 4 members (excludes halogenated alkanes) is 5. The van der Waals surface area contributed by atoms with Crippen LogP contribution in [-0.2, 0) is 9.36 Å². The van der Waals surface area contributed by atoms with Crippen LogP contribution in [0.15, 0.2) is 0 Å². The maximum atomic E-state index is 11.1. The largest absolute Gasteiger partial charge is 0.481 e. The van der Waals surface area contributed by atoms with E-state index in [2.05, 4.69) is 0 Å². The van der Waals surface area contributed by atoms with Crippen LogP contribution < -0.4 is 0 Å². The summed E-state index contributed by atoms with van der Waals surface area (Å²) in [7, 11) is -3.92. The van der Waals surface area contributed by atoms with Crippen LogP contribution in [-0.4, -0.2) is 26.5 Å². The van der Waals surface area contributed by atoms with Gasteiger partial charge in [0.05, 0.1) is 5.66 Å². The maximum absolute atomic E-state index is 11.1. The first kappa shape index (κ1) is 17.6. The Kier molecular flexibility index (Phi) is 9.34. The van der Waals surface area contributed by atoms with Gasteiger partial charge in [-0.15, -0.1) is 0 Å². The molecular weight excluding hydrogens is 255 g/mol. The lowest BCUT2D eigenvalue weighted by molar-refractivity contribution is -0.137. The fourth-order valence-electron chi connectivity index (χ4n) is 1.97. The monoisotopic (exact) mass is 280 g/mol. The second-order valence-electron chi connectivity index (χ2n) is 4.70. The van der Waals surface area contributed by atoms with Crippen LogP contribution in [0.25, 0.3) is 0 Å². The van der Waals surface area contributed by atoms with Gasteiger partial charge in [0.25, 0.3) is 0 Å². The van der Waals surface area contributed by atoms with Crippen molar-refractivity contribution < 1.29 is 24.3 Å². The molecule has 1 unspecified atom stereocenters. The van der Waals surface area contributed by atoms with E-state index in [4.69, 9.17) is 14.9 Å². The third kappa shape index (κ3) is 9.63. The van der Waals surface area contributed by atoms with Gasteiger partial charge in [0.1, 0.15) is 0 Å². The molecule has 0 amide bonds. The molecule has 0 aromatic rings. The van der Waals surface area contributed by atoms with E-state index < -0.39 is 19.2 Å². The summed E-state index contributed by atoms with van der Waals surface area (Å²) in [5.41, 5.74) is -0.496. The van der Waals surface area contributed by atoms with Crippen molar-refractivity contribution in [1.29, 1.82) is 0 Å². The van der Waals surface area contributed by atoms with E-state index >= 15 is 0 Å². The maximum Gasteiger partial charge on any atom is 0.328 e. The Labute approximate surface area is 109 Å². The SMILES string of the molecule is CCC(CCCCCCCCC(=O)O)P(=O)(O)O. The average molecular weight is 280 g/mol. The van der Waals surface area contributed by atoms with Crippen LogP contribution in [0.1, 0.15) is 64.7 Å². The van der Waals surface area contributed by atoms with Gasteiger partial charge in [-0.2, -0.15) is 0 Å². The van der Waals surface area contributed by atoms with E-state index in [1.54, 1.807) is 6.92 Å². The average Bonchev–Trinajstić information content (AvgIpc) is 2.24. The molecule has 0 aromatic heterocycles. The summed E-state index contributed by atoms with van der Waals surface area (Å²) in [6, 6.07) is 0. The third-order valence-corrected chi connectivity index (χ3v) is 4.70. The van der Waals surface area contributed by atoms with Crippen LogP contribution in [0.4, 0.5) is 0 Å². The lowest BCUT2D eigenvalue weighted by Gasteiger charge is -2.15. The van der Waals surface area contributed by atoms with Gasteiger partial charge in [-0.1, -0.05) is 39.0 Å². The van der Waals surface area contributed by atoms with E-state index in [1.807, 2.05) is 0 Å². The van der Waals surface area contributed by atoms with Gasteiger partial charge in [-0.3, -0.25) is 9.36 Å². The van der Waals surface area contributed by atoms with Gasteiger partial charge in [0, 0.05) is 6.42 Å². The molecule has 0 bridgehead atoms. The Morgan fingerprint density at radius 1 is 1.06 bits per heavy atom. The number of hydrogen-bond acceptors (Lipinski definition) is 2. The van der Waals surface area contributed by atoms with E-state index in [-0.39, 0.29) is 6.42 Å². The molecule has 0 aromatic carbocycles. The first-order chi connectivity index (χ1) is 8.38. The highest BCUT2D eigenvalue weighted by atomic mass is 31.2. The lowest BCUT2D eigenvalue weighted by Crippen LogP contribution is -2.06. The molecular formula is C12H25O5P. The summed E-state index contributed by atoms with van der Waals surface area (Å²) in [5, 5.41) is 8.44. The molecule has 0 rings (SSSR count). The first-order valence-corrected chi connectivity index (χ1v) is 8.33. The number of carbonyl (C=O) groups is 1. The number of rotatable bonds is 11. The molecule has 3 N–H and O–H groups in total. The van der Waals surface area contributed by atoms with Crippen molar-refractivity contribution in [3.8, 4) is 0 Å². The van der Waals surface area contributed by atoms with Gasteiger partial charge in [0.2, 0.25) is 0 Å². The zero-order chi connectivity index (χ0) is 14.0. The normalized spacial score (nSPS) is 13.5. The van der Waals surface area contributed by atoms with Gasteiger partial charge >= 0.3 is 13.6 Å². The van der Waals surface area contributed by atoms with Crippen molar-refractivity contribution in [2.75, 3.05) is 0 Å². The molecule has 108 valence electrons. The quantitative estimate of drug-likeness (QED) is 0.399. The molecule has 0 aliphatic rings. The first-order valence-electron chi connectivity index (χ1n) is 6.65. The van der Waals surface area contributed by atoms with Crippen molar-refractivity contribution in [3.63, 3.8) is 0 Å². The van der Waals surface area contributed by atoms with Gasteiger partial charge in [0.15, 0.2) is 0 Å². The molecule has 18 heavy (non-hydrogen) atoms. The summed E-state index contributed by atoms with van der Waals surface area (Å²) in [5.74, 6) is -0.748. The second kappa shape index (κ2) is 9.54. The number of carboxylic acid groups (broad SMARTS) is 1. The van der Waals surface area contributed by atoms with Crippen LogP contribution in [0.3, 0.4) is 0 Å². The predicted octanol–water partition coefficient (Wildman–Crippen LogP) is 3.15. The van der Waals surface area contributed by atoms with Gasteiger partial charge in [-0.05, 0) is 19.3 Å². The molecule has 0 aliphatic heterocycles. The Morgan fingerprint density at radius 3 is 2.00 bits per heavy atom. The van der Waals surface area contributed by atoms with Crippen molar-refractivity contribution in [2.45, 2.75) is 70.4 Å². The van der Waals surface area contributed by atoms with Crippen molar-refractivity contribution in [2.24, 2.45) is 0 Å². The fraction of sp³-hybridized carbons (Fsp3) is 0.917. The molecule has 5 nitrogen and oxygen atoms in total. The molecule has 0 radical (unpaired) electrons. The van der Waals surface area contributed by atoms with E-state index in [0.29, 0.717) is 12.8 Å². The number of aliphatic carboxylic acids is 1. The summed E-state index contributed by atoms with van der Waals surface area (Å²) in [6.45, 7) is 1.80. The molecule has 0 spiro atoms. The third-order valence-electron chi connectivity index (χ3n) is 3.12. The van der Waals surface area contributed by atoms with Crippen molar-refractivity contribution in [3.05, 3.63) is 0 Å². The summed E-state index contributed by atoms with van der Waals surface area (Å²) in [4.78, 5) is 28.4. The minimum Gasteiger partial charge on any atom is -0.481 e. The minimum absolute atomic E-state index is 0.232. The van der Waals surface area contributed by atoms with Crippen molar-refractivity contribution >= 4 is 13.6 Å². The highest BCUT2D eigenvalue weighted by Gasteiger charge is 2.25. The van der Waals surface area contributed by atoms with E-state index in [9.17, 15) is 9.36 Å². The highest BCUT2D eigenvalue weighted by molar-refractivity contribution is 7.52. The van der Waals surface area contributed by atoms with Crippen LogP contribution >= 0.6 is 7.60 Å². The molecule has 0 fully saturated rings. The Bertz CT molecular complexity index is 274. The standard InChI is InChI=1S/C12H25O5P/c1-2-11(18(15,16)17)9-7-5-3-4-6-8-10-12(13)14/h11H,2-10H2,1H3,(H,13,14)(H2,15,16,17). The summed E-state index contributed by atoms with van der Waals surface area (Å²) >= 11 is 0. The topological polar surface area (TPSA) is 94.8 Å². The summed E-state index contributed by atoms with van der Waals surface area (Å²) < 4.78 is 11.1. The van der Waals surface area contributed by atoms with E-state index in [1.165, 1.54) is 0 Å². The second-order valence-corrected chi connectivity index (χ2v) is 6.61. The van der Waals surface area contributed by atoms with Crippen molar-refractivity contribution in [1.82, 2.24) is 0 Å². The van der Waals surface area contributed by atoms with Crippen LogP contribution in [0, 0.1) is 0 Å². The smallest absolute Gasteiger partial charge is 0.328 e.